The molecule has 0 saturated heterocycles. The van der Waals surface area contributed by atoms with Gasteiger partial charge >= 0.3 is 6.09 Å². The number of nitro groups is 1. The van der Waals surface area contributed by atoms with Crippen LogP contribution in [0.25, 0.3) is 0 Å². The quantitative estimate of drug-likeness (QED) is 0.613. The van der Waals surface area contributed by atoms with Crippen LogP contribution in [-0.2, 0) is 4.74 Å². The van der Waals surface area contributed by atoms with Crippen LogP contribution in [0.2, 0.25) is 0 Å². The normalized spacial score (nSPS) is 9.76. The van der Waals surface area contributed by atoms with Gasteiger partial charge in [0.1, 0.15) is 12.4 Å². The van der Waals surface area contributed by atoms with E-state index in [0.29, 0.717) is 0 Å². The Hall–Kier alpha value is -2.22. The Kier molecular flexibility index (Phi) is 4.35. The molecule has 0 heterocycles. The topological polar surface area (TPSA) is 102 Å². The first-order valence-electron chi connectivity index (χ1n) is 4.52. The molecule has 1 amide bonds. The van der Waals surface area contributed by atoms with E-state index in [9.17, 15) is 19.3 Å². The number of nitrogens with zero attached hydrogens (tertiary/aromatic N) is 1. The van der Waals surface area contributed by atoms with Crippen LogP contribution >= 0.6 is 0 Å². The van der Waals surface area contributed by atoms with Crippen molar-refractivity contribution in [2.75, 3.05) is 18.5 Å². The molecule has 0 aliphatic carbocycles. The molecule has 0 saturated carbocycles. The number of carbonyl (C=O) groups excluding carboxylic acids is 1. The zero-order chi connectivity index (χ0) is 12.8. The molecule has 0 bridgehead atoms. The Labute approximate surface area is 95.0 Å². The van der Waals surface area contributed by atoms with Gasteiger partial charge in [-0.25, -0.2) is 9.18 Å². The summed E-state index contributed by atoms with van der Waals surface area (Å²) in [6.07, 6.45) is -0.932. The molecular weight excluding hydrogens is 235 g/mol. The van der Waals surface area contributed by atoms with Gasteiger partial charge in [0.2, 0.25) is 0 Å². The number of hydrogen-bond acceptors (Lipinski definition) is 5. The fraction of sp³-hybridized carbons (Fsp3) is 0.222. The summed E-state index contributed by atoms with van der Waals surface area (Å²) < 4.78 is 17.4. The maximum absolute atomic E-state index is 13.0. The van der Waals surface area contributed by atoms with Crippen molar-refractivity contribution in [3.8, 4) is 0 Å². The van der Waals surface area contributed by atoms with Gasteiger partial charge in [-0.2, -0.15) is 0 Å². The molecule has 1 aromatic carbocycles. The van der Waals surface area contributed by atoms with Gasteiger partial charge in [-0.3, -0.25) is 15.4 Å². The van der Waals surface area contributed by atoms with Gasteiger partial charge in [-0.15, -0.1) is 0 Å². The molecule has 7 nitrogen and oxygen atoms in total. The van der Waals surface area contributed by atoms with Crippen molar-refractivity contribution in [2.45, 2.75) is 0 Å². The number of benzene rings is 1. The predicted molar refractivity (Wildman–Crippen MR) is 55.1 cm³/mol. The number of hydrogen-bond donors (Lipinski definition) is 2. The average Bonchev–Trinajstić information content (AvgIpc) is 2.25. The summed E-state index contributed by atoms with van der Waals surface area (Å²) in [5, 5.41) is 20.9. The fourth-order valence-electron chi connectivity index (χ4n) is 1.04. The van der Waals surface area contributed by atoms with E-state index in [2.05, 4.69) is 10.1 Å². The van der Waals surface area contributed by atoms with Crippen molar-refractivity contribution >= 4 is 17.5 Å². The van der Waals surface area contributed by atoms with Gasteiger partial charge in [-0.1, -0.05) is 0 Å². The number of nitrogens with one attached hydrogen (secondary N) is 1. The van der Waals surface area contributed by atoms with E-state index in [4.69, 9.17) is 5.11 Å². The zero-order valence-corrected chi connectivity index (χ0v) is 8.55. The molecule has 0 aliphatic heterocycles. The Bertz CT molecular complexity index is 437. The first-order valence-corrected chi connectivity index (χ1v) is 4.52. The number of rotatable bonds is 4. The monoisotopic (exact) mass is 244 g/mol. The molecule has 0 aromatic heterocycles. The van der Waals surface area contributed by atoms with Crippen LogP contribution in [-0.4, -0.2) is 29.3 Å². The Morgan fingerprint density at radius 2 is 2.24 bits per heavy atom. The van der Waals surface area contributed by atoms with E-state index in [1.807, 2.05) is 0 Å². The summed E-state index contributed by atoms with van der Waals surface area (Å²) in [5.74, 6) is -0.850. The van der Waals surface area contributed by atoms with Crippen molar-refractivity contribution in [1.82, 2.24) is 0 Å². The van der Waals surface area contributed by atoms with E-state index in [1.165, 1.54) is 0 Å². The van der Waals surface area contributed by atoms with E-state index in [0.717, 1.165) is 18.2 Å². The van der Waals surface area contributed by atoms with Gasteiger partial charge < -0.3 is 9.84 Å². The van der Waals surface area contributed by atoms with Gasteiger partial charge in [0, 0.05) is 6.07 Å². The summed E-state index contributed by atoms with van der Waals surface area (Å²) in [6.45, 7) is -0.569. The highest BCUT2D eigenvalue weighted by atomic mass is 19.1. The highest BCUT2D eigenvalue weighted by Crippen LogP contribution is 2.19. The van der Waals surface area contributed by atoms with Crippen LogP contribution < -0.4 is 5.32 Å². The number of nitro benzene ring substituents is 1. The predicted octanol–water partition coefficient (Wildman–Crippen LogP) is 1.27. The third-order valence-electron chi connectivity index (χ3n) is 1.66. The number of aliphatic hydroxyl groups excluding tert-OH is 1. The lowest BCUT2D eigenvalue weighted by Gasteiger charge is -2.05. The number of non-ortho nitro benzene ring substituents is 1. The third-order valence-corrected chi connectivity index (χ3v) is 1.66. The first kappa shape index (κ1) is 12.8. The van der Waals surface area contributed by atoms with Gasteiger partial charge in [0.15, 0.2) is 0 Å². The standard InChI is InChI=1S/C9H9FN2O5/c10-6-3-7(5-8(4-6)12(15)16)11-9(14)17-2-1-13/h3-5,13H,1-2H2,(H,11,14). The highest BCUT2D eigenvalue weighted by Gasteiger charge is 2.11. The van der Waals surface area contributed by atoms with Crippen LogP contribution in [0.3, 0.4) is 0 Å². The maximum atomic E-state index is 13.0. The zero-order valence-electron chi connectivity index (χ0n) is 8.55. The SMILES string of the molecule is O=C(Nc1cc(F)cc([N+](=O)[O-])c1)OCCO. The molecular formula is C9H9FN2O5. The van der Waals surface area contributed by atoms with Crippen LogP contribution in [0.15, 0.2) is 18.2 Å². The highest BCUT2D eigenvalue weighted by molar-refractivity contribution is 5.85. The van der Waals surface area contributed by atoms with Crippen LogP contribution in [0, 0.1) is 15.9 Å². The lowest BCUT2D eigenvalue weighted by Crippen LogP contribution is -2.16. The molecule has 0 aliphatic rings. The van der Waals surface area contributed by atoms with Crippen molar-refractivity contribution in [3.63, 3.8) is 0 Å². The fourth-order valence-corrected chi connectivity index (χ4v) is 1.04. The minimum absolute atomic E-state index is 0.0976. The number of ether oxygens (including phenoxy) is 1. The summed E-state index contributed by atoms with van der Waals surface area (Å²) in [4.78, 5) is 20.7. The number of carbonyl (C=O) groups is 1. The van der Waals surface area contributed by atoms with Crippen molar-refractivity contribution < 1.29 is 24.0 Å². The molecule has 1 aromatic rings. The number of anilines is 1. The molecule has 17 heavy (non-hydrogen) atoms. The van der Waals surface area contributed by atoms with Crippen LogP contribution in [0.1, 0.15) is 0 Å². The van der Waals surface area contributed by atoms with E-state index in [-0.39, 0.29) is 18.9 Å². The molecule has 0 atom stereocenters. The molecule has 1 rings (SSSR count). The average molecular weight is 244 g/mol. The van der Waals surface area contributed by atoms with E-state index >= 15 is 0 Å². The lowest BCUT2D eigenvalue weighted by atomic mass is 10.3. The second-order valence-corrected chi connectivity index (χ2v) is 2.94. The van der Waals surface area contributed by atoms with Crippen molar-refractivity contribution in [3.05, 3.63) is 34.1 Å². The first-order chi connectivity index (χ1) is 8.02. The lowest BCUT2D eigenvalue weighted by molar-refractivity contribution is -0.385. The molecule has 8 heteroatoms. The molecule has 92 valence electrons. The number of halogens is 1. The Morgan fingerprint density at radius 3 is 2.82 bits per heavy atom. The Morgan fingerprint density at radius 1 is 1.53 bits per heavy atom. The molecule has 2 N–H and O–H groups in total. The minimum atomic E-state index is -0.932. The summed E-state index contributed by atoms with van der Waals surface area (Å²) in [6, 6.07) is 2.63. The van der Waals surface area contributed by atoms with Crippen LogP contribution in [0.5, 0.6) is 0 Å². The smallest absolute Gasteiger partial charge is 0.411 e. The van der Waals surface area contributed by atoms with Crippen molar-refractivity contribution in [1.29, 1.82) is 0 Å². The van der Waals surface area contributed by atoms with Gasteiger partial charge in [0.05, 0.1) is 23.3 Å². The largest absolute Gasteiger partial charge is 0.447 e. The maximum Gasteiger partial charge on any atom is 0.411 e. The third kappa shape index (κ3) is 4.03. The van der Waals surface area contributed by atoms with E-state index in [1.54, 1.807) is 0 Å². The summed E-state index contributed by atoms with van der Waals surface area (Å²) in [7, 11) is 0. The second kappa shape index (κ2) is 5.75. The van der Waals surface area contributed by atoms with Gasteiger partial charge in [-0.05, 0) is 6.07 Å². The summed E-state index contributed by atoms with van der Waals surface area (Å²) in [5.41, 5.74) is -0.581. The van der Waals surface area contributed by atoms with Crippen molar-refractivity contribution in [2.24, 2.45) is 0 Å². The second-order valence-electron chi connectivity index (χ2n) is 2.94. The van der Waals surface area contributed by atoms with E-state index < -0.39 is 22.5 Å². The summed E-state index contributed by atoms with van der Waals surface area (Å²) >= 11 is 0. The van der Waals surface area contributed by atoms with Crippen LogP contribution in [0.4, 0.5) is 20.6 Å². The molecule has 0 fully saturated rings. The van der Waals surface area contributed by atoms with Gasteiger partial charge in [0.25, 0.3) is 5.69 Å². The molecule has 0 spiro atoms. The Balaban J connectivity index is 2.77. The molecule has 0 unspecified atom stereocenters. The minimum Gasteiger partial charge on any atom is -0.447 e. The molecule has 0 radical (unpaired) electrons. The number of amides is 1. The number of aliphatic hydroxyl groups is 1.